The zero-order chi connectivity index (χ0) is 25.7. The average molecular weight is 528 g/mol. The van der Waals surface area contributed by atoms with Crippen LogP contribution >= 0.6 is 11.6 Å². The van der Waals surface area contributed by atoms with Crippen molar-refractivity contribution >= 4 is 33.2 Å². The van der Waals surface area contributed by atoms with Crippen molar-refractivity contribution in [2.75, 3.05) is 31.0 Å². The predicted molar refractivity (Wildman–Crippen MR) is 142 cm³/mol. The lowest BCUT2D eigenvalue weighted by atomic mass is 10.1. The number of carbonyl (C=O) groups excluding carboxylic acids is 1. The second-order valence-corrected chi connectivity index (χ2v) is 11.0. The lowest BCUT2D eigenvalue weighted by Crippen LogP contribution is -2.35. The molecule has 1 heterocycles. The zero-order valence-corrected chi connectivity index (χ0v) is 22.0. The number of nitrogens with one attached hydrogen (secondary N) is 2. The predicted octanol–water partition coefficient (Wildman–Crippen LogP) is 4.52. The molecule has 1 amide bonds. The van der Waals surface area contributed by atoms with E-state index in [4.69, 9.17) is 16.3 Å². The van der Waals surface area contributed by atoms with Crippen molar-refractivity contribution in [3.63, 3.8) is 0 Å². The molecule has 0 spiro atoms. The van der Waals surface area contributed by atoms with E-state index in [1.165, 1.54) is 23.8 Å². The van der Waals surface area contributed by atoms with Gasteiger partial charge in [0.2, 0.25) is 0 Å². The first-order chi connectivity index (χ1) is 17.2. The van der Waals surface area contributed by atoms with Gasteiger partial charge in [-0.25, -0.2) is 8.42 Å². The van der Waals surface area contributed by atoms with E-state index in [1.807, 2.05) is 38.1 Å². The highest BCUT2D eigenvalue weighted by atomic mass is 35.5. The lowest BCUT2D eigenvalue weighted by Gasteiger charge is -2.26. The summed E-state index contributed by atoms with van der Waals surface area (Å²) in [5, 5.41) is 2.90. The lowest BCUT2D eigenvalue weighted by molar-refractivity contribution is 0.0342. The molecule has 4 rings (SSSR count). The van der Waals surface area contributed by atoms with E-state index < -0.39 is 10.0 Å². The number of benzene rings is 3. The first kappa shape index (κ1) is 26.2. The Kier molecular flexibility index (Phi) is 8.31. The highest BCUT2D eigenvalue weighted by Gasteiger charge is 2.21. The van der Waals surface area contributed by atoms with Crippen molar-refractivity contribution in [1.82, 2.24) is 10.2 Å². The molecule has 1 aliphatic rings. The molecule has 9 heteroatoms. The molecule has 3 aromatic rings. The summed E-state index contributed by atoms with van der Waals surface area (Å²) in [7, 11) is -4.00. The maximum absolute atomic E-state index is 13.1. The first-order valence-electron chi connectivity index (χ1n) is 11.8. The number of aryl methyl sites for hydroxylation is 2. The molecule has 0 aromatic heterocycles. The third-order valence-corrected chi connectivity index (χ3v) is 7.95. The fourth-order valence-electron chi connectivity index (χ4n) is 3.96. The van der Waals surface area contributed by atoms with Gasteiger partial charge in [-0.1, -0.05) is 48.0 Å². The van der Waals surface area contributed by atoms with E-state index in [0.717, 1.165) is 49.5 Å². The second kappa shape index (κ2) is 11.4. The third-order valence-electron chi connectivity index (χ3n) is 6.11. The van der Waals surface area contributed by atoms with Gasteiger partial charge in [0.25, 0.3) is 15.9 Å². The SMILES string of the molecule is Cc1ccc(C)c(NS(=O)(=O)c2cc(C(=O)NCc3ccc(CN4CCOCC4)cc3)ccc2Cl)c1. The highest BCUT2D eigenvalue weighted by molar-refractivity contribution is 7.92. The molecular weight excluding hydrogens is 498 g/mol. The van der Waals surface area contributed by atoms with Gasteiger partial charge >= 0.3 is 0 Å². The number of halogens is 1. The van der Waals surface area contributed by atoms with Crippen molar-refractivity contribution in [2.45, 2.75) is 31.8 Å². The van der Waals surface area contributed by atoms with E-state index in [1.54, 1.807) is 6.07 Å². The molecule has 0 aliphatic carbocycles. The number of anilines is 1. The highest BCUT2D eigenvalue weighted by Crippen LogP contribution is 2.27. The molecule has 7 nitrogen and oxygen atoms in total. The molecule has 0 atom stereocenters. The van der Waals surface area contributed by atoms with Crippen molar-refractivity contribution in [1.29, 1.82) is 0 Å². The molecule has 1 aliphatic heterocycles. The van der Waals surface area contributed by atoms with E-state index >= 15 is 0 Å². The van der Waals surface area contributed by atoms with Crippen LogP contribution in [0.15, 0.2) is 65.6 Å². The number of morpholine rings is 1. The van der Waals surface area contributed by atoms with Gasteiger partial charge in [0, 0.05) is 31.7 Å². The summed E-state index contributed by atoms with van der Waals surface area (Å²) in [6.45, 7) is 8.27. The maximum Gasteiger partial charge on any atom is 0.263 e. The minimum absolute atomic E-state index is 0.0419. The average Bonchev–Trinajstić information content (AvgIpc) is 2.86. The largest absolute Gasteiger partial charge is 0.379 e. The molecule has 0 bridgehead atoms. The smallest absolute Gasteiger partial charge is 0.263 e. The van der Waals surface area contributed by atoms with Crippen LogP contribution in [0.3, 0.4) is 0 Å². The number of carbonyl (C=O) groups is 1. The van der Waals surface area contributed by atoms with Crippen molar-refractivity contribution in [2.24, 2.45) is 0 Å². The fraction of sp³-hybridized carbons (Fsp3) is 0.296. The molecule has 0 radical (unpaired) electrons. The molecule has 190 valence electrons. The molecule has 2 N–H and O–H groups in total. The van der Waals surface area contributed by atoms with Crippen molar-refractivity contribution < 1.29 is 17.9 Å². The maximum atomic E-state index is 13.1. The second-order valence-electron chi connectivity index (χ2n) is 8.96. The molecule has 3 aromatic carbocycles. The van der Waals surface area contributed by atoms with Gasteiger partial charge in [0.05, 0.1) is 23.9 Å². The van der Waals surface area contributed by atoms with Gasteiger partial charge in [-0.05, 0) is 60.4 Å². The molecule has 0 unspecified atom stereocenters. The van der Waals surface area contributed by atoms with Crippen LogP contribution in [0.2, 0.25) is 5.02 Å². The summed E-state index contributed by atoms with van der Waals surface area (Å²) in [4.78, 5) is 15.0. The van der Waals surface area contributed by atoms with Crippen molar-refractivity contribution in [3.05, 3.63) is 93.5 Å². The van der Waals surface area contributed by atoms with E-state index in [0.29, 0.717) is 12.2 Å². The van der Waals surface area contributed by atoms with Gasteiger partial charge in [-0.2, -0.15) is 0 Å². The first-order valence-corrected chi connectivity index (χ1v) is 13.6. The summed E-state index contributed by atoms with van der Waals surface area (Å²) in [6, 6.07) is 17.8. The topological polar surface area (TPSA) is 87.7 Å². The number of ether oxygens (including phenoxy) is 1. The molecular formula is C27H30ClN3O4S. The van der Waals surface area contributed by atoms with E-state index in [-0.39, 0.29) is 21.4 Å². The molecule has 0 saturated carbocycles. The van der Waals surface area contributed by atoms with Crippen LogP contribution < -0.4 is 10.0 Å². The van der Waals surface area contributed by atoms with Crippen LogP contribution in [0.5, 0.6) is 0 Å². The summed E-state index contributed by atoms with van der Waals surface area (Å²) >= 11 is 6.22. The Labute approximate surface area is 217 Å². The van der Waals surface area contributed by atoms with Crippen LogP contribution in [0, 0.1) is 13.8 Å². The Balaban J connectivity index is 1.41. The number of hydrogen-bond acceptors (Lipinski definition) is 5. The zero-order valence-electron chi connectivity index (χ0n) is 20.4. The summed E-state index contributed by atoms with van der Waals surface area (Å²) < 4.78 is 34.1. The van der Waals surface area contributed by atoms with Crippen LogP contribution in [-0.2, 0) is 27.8 Å². The van der Waals surface area contributed by atoms with Crippen LogP contribution in [0.25, 0.3) is 0 Å². The third kappa shape index (κ3) is 6.64. The Morgan fingerprint density at radius 1 is 0.972 bits per heavy atom. The molecule has 1 fully saturated rings. The fourth-order valence-corrected chi connectivity index (χ4v) is 5.61. The normalized spacial score (nSPS) is 14.4. The van der Waals surface area contributed by atoms with Gasteiger partial charge < -0.3 is 10.1 Å². The van der Waals surface area contributed by atoms with E-state index in [2.05, 4.69) is 27.1 Å². The monoisotopic (exact) mass is 527 g/mol. The number of sulfonamides is 1. The van der Waals surface area contributed by atoms with Crippen LogP contribution in [0.4, 0.5) is 5.69 Å². The van der Waals surface area contributed by atoms with Crippen molar-refractivity contribution in [3.8, 4) is 0 Å². The Morgan fingerprint density at radius 3 is 2.39 bits per heavy atom. The minimum atomic E-state index is -4.00. The number of amides is 1. The van der Waals surface area contributed by atoms with Crippen LogP contribution in [-0.4, -0.2) is 45.5 Å². The standard InChI is InChI=1S/C27H30ClN3O4S/c1-19-3-4-20(2)25(15-19)30-36(33,34)26-16-23(9-10-24(26)28)27(32)29-17-21-5-7-22(8-6-21)18-31-11-13-35-14-12-31/h3-10,15-16,30H,11-14,17-18H2,1-2H3,(H,29,32). The number of rotatable bonds is 8. The minimum Gasteiger partial charge on any atom is -0.379 e. The van der Waals surface area contributed by atoms with E-state index in [9.17, 15) is 13.2 Å². The quantitative estimate of drug-likeness (QED) is 0.450. The van der Waals surface area contributed by atoms with Gasteiger partial charge in [-0.3, -0.25) is 14.4 Å². The van der Waals surface area contributed by atoms with Gasteiger partial charge in [0.1, 0.15) is 4.90 Å². The summed E-state index contributed by atoms with van der Waals surface area (Å²) in [5.74, 6) is -0.382. The Hall–Kier alpha value is -2.91. The summed E-state index contributed by atoms with van der Waals surface area (Å²) in [6.07, 6.45) is 0. The van der Waals surface area contributed by atoms with Gasteiger partial charge in [-0.15, -0.1) is 0 Å². The Bertz CT molecular complexity index is 1340. The Morgan fingerprint density at radius 2 is 1.67 bits per heavy atom. The molecule has 1 saturated heterocycles. The molecule has 36 heavy (non-hydrogen) atoms. The number of hydrogen-bond donors (Lipinski definition) is 2. The van der Waals surface area contributed by atoms with Crippen LogP contribution in [0.1, 0.15) is 32.6 Å². The summed E-state index contributed by atoms with van der Waals surface area (Å²) in [5.41, 5.74) is 4.54. The van der Waals surface area contributed by atoms with Gasteiger partial charge in [0.15, 0.2) is 0 Å². The number of nitrogens with zero attached hydrogens (tertiary/aromatic N) is 1.